The van der Waals surface area contributed by atoms with Crippen molar-refractivity contribution in [3.63, 3.8) is 0 Å². The van der Waals surface area contributed by atoms with Crippen LogP contribution in [0, 0.1) is 21.7 Å². The molecular weight excluding hydrogens is 396 g/mol. The summed E-state index contributed by atoms with van der Waals surface area (Å²) in [7, 11) is 1.42. The summed E-state index contributed by atoms with van der Waals surface area (Å²) in [5, 5.41) is 17.2. The van der Waals surface area contributed by atoms with Gasteiger partial charge in [-0.05, 0) is 30.3 Å². The van der Waals surface area contributed by atoms with Gasteiger partial charge in [-0.3, -0.25) is 10.1 Å². The number of nitrogens with one attached hydrogen (secondary N) is 2. The molecule has 0 aliphatic rings. The van der Waals surface area contributed by atoms with Crippen LogP contribution < -0.4 is 15.4 Å². The quantitative estimate of drug-likeness (QED) is 0.446. The van der Waals surface area contributed by atoms with Gasteiger partial charge in [0, 0.05) is 11.1 Å². The maximum atomic E-state index is 13.9. The van der Waals surface area contributed by atoms with Gasteiger partial charge < -0.3 is 15.4 Å². The molecule has 28 heavy (non-hydrogen) atoms. The molecule has 8 nitrogen and oxygen atoms in total. The molecule has 11 heteroatoms. The Kier molecular flexibility index (Phi) is 5.50. The molecule has 0 bridgehead atoms. The lowest BCUT2D eigenvalue weighted by molar-refractivity contribution is -0.383. The van der Waals surface area contributed by atoms with Crippen LogP contribution in [0.4, 0.5) is 37.5 Å². The Hall–Kier alpha value is -3.53. The van der Waals surface area contributed by atoms with E-state index < -0.39 is 22.2 Å². The Morgan fingerprint density at radius 2 is 1.75 bits per heavy atom. The minimum atomic E-state index is -0.805. The van der Waals surface area contributed by atoms with E-state index in [4.69, 9.17) is 16.3 Å². The van der Waals surface area contributed by atoms with E-state index in [2.05, 4.69) is 20.6 Å². The highest BCUT2D eigenvalue weighted by atomic mass is 35.5. The van der Waals surface area contributed by atoms with Gasteiger partial charge in [-0.1, -0.05) is 11.6 Å². The summed E-state index contributed by atoms with van der Waals surface area (Å²) in [4.78, 5) is 18.5. The predicted octanol–water partition coefficient (Wildman–Crippen LogP) is 4.81. The molecule has 2 N–H and O–H groups in total. The maximum Gasteiger partial charge on any atom is 0.353 e. The monoisotopic (exact) mass is 407 g/mol. The molecule has 1 aromatic heterocycles. The normalized spacial score (nSPS) is 10.4. The number of nitro groups is 1. The van der Waals surface area contributed by atoms with Crippen LogP contribution in [0.25, 0.3) is 0 Å². The number of aromatic nitrogens is 2. The molecule has 0 amide bonds. The molecule has 3 aromatic rings. The first kappa shape index (κ1) is 19.2. The molecule has 0 saturated carbocycles. The first-order chi connectivity index (χ1) is 13.4. The molecule has 0 radical (unpaired) electrons. The highest BCUT2D eigenvalue weighted by Crippen LogP contribution is 2.36. The minimum Gasteiger partial charge on any atom is -0.495 e. The third-order valence-electron chi connectivity index (χ3n) is 3.60. The van der Waals surface area contributed by atoms with Gasteiger partial charge in [0.25, 0.3) is 0 Å². The van der Waals surface area contributed by atoms with Crippen molar-refractivity contribution < 1.29 is 18.4 Å². The molecule has 0 aliphatic heterocycles. The Morgan fingerprint density at radius 1 is 1.07 bits per heavy atom. The van der Waals surface area contributed by atoms with Crippen LogP contribution in [0.15, 0.2) is 42.7 Å². The first-order valence-electron chi connectivity index (χ1n) is 7.71. The Morgan fingerprint density at radius 3 is 2.39 bits per heavy atom. The first-order valence-corrected chi connectivity index (χ1v) is 8.09. The second kappa shape index (κ2) is 8.01. The summed E-state index contributed by atoms with van der Waals surface area (Å²) in [5.41, 5.74) is -0.569. The van der Waals surface area contributed by atoms with Crippen molar-refractivity contribution in [1.82, 2.24) is 9.97 Å². The van der Waals surface area contributed by atoms with E-state index in [9.17, 15) is 18.9 Å². The fourth-order valence-corrected chi connectivity index (χ4v) is 2.53. The number of rotatable bonds is 6. The average Bonchev–Trinajstić information content (AvgIpc) is 2.65. The van der Waals surface area contributed by atoms with E-state index in [1.807, 2.05) is 0 Å². The van der Waals surface area contributed by atoms with E-state index in [0.29, 0.717) is 16.5 Å². The minimum absolute atomic E-state index is 0.195. The van der Waals surface area contributed by atoms with Crippen molar-refractivity contribution in [3.8, 4) is 5.75 Å². The van der Waals surface area contributed by atoms with Crippen molar-refractivity contribution in [1.29, 1.82) is 0 Å². The highest BCUT2D eigenvalue weighted by Gasteiger charge is 2.25. The van der Waals surface area contributed by atoms with Crippen molar-refractivity contribution in [2.45, 2.75) is 0 Å². The number of benzene rings is 2. The van der Waals surface area contributed by atoms with E-state index in [1.54, 1.807) is 12.1 Å². The maximum absolute atomic E-state index is 13.9. The number of nitrogens with zero attached hydrogens (tertiary/aromatic N) is 3. The Labute approximate surface area is 162 Å². The van der Waals surface area contributed by atoms with Crippen LogP contribution in [0.1, 0.15) is 0 Å². The predicted molar refractivity (Wildman–Crippen MR) is 99.6 cm³/mol. The summed E-state index contributed by atoms with van der Waals surface area (Å²) < 4.78 is 32.5. The molecule has 0 unspecified atom stereocenters. The third kappa shape index (κ3) is 4.07. The molecule has 144 valence electrons. The second-order valence-electron chi connectivity index (χ2n) is 5.40. The molecule has 0 spiro atoms. The molecule has 0 aliphatic carbocycles. The molecule has 1 heterocycles. The van der Waals surface area contributed by atoms with Crippen molar-refractivity contribution in [2.24, 2.45) is 0 Å². The highest BCUT2D eigenvalue weighted by molar-refractivity contribution is 6.31. The van der Waals surface area contributed by atoms with E-state index >= 15 is 0 Å². The smallest absolute Gasteiger partial charge is 0.353 e. The van der Waals surface area contributed by atoms with Gasteiger partial charge in [0.05, 0.1) is 23.4 Å². The molecular formula is C17H12ClF2N5O3. The zero-order chi connectivity index (χ0) is 20.3. The lowest BCUT2D eigenvalue weighted by atomic mass is 10.2. The molecule has 0 fully saturated rings. The van der Waals surface area contributed by atoms with Crippen LogP contribution in [-0.4, -0.2) is 22.0 Å². The van der Waals surface area contributed by atoms with Gasteiger partial charge >= 0.3 is 5.69 Å². The van der Waals surface area contributed by atoms with Crippen LogP contribution >= 0.6 is 11.6 Å². The summed E-state index contributed by atoms with van der Waals surface area (Å²) in [6.45, 7) is 0. The number of ether oxygens (including phenoxy) is 1. The zero-order valence-corrected chi connectivity index (χ0v) is 15.0. The van der Waals surface area contributed by atoms with Crippen molar-refractivity contribution >= 4 is 40.3 Å². The second-order valence-corrected chi connectivity index (χ2v) is 5.83. The van der Waals surface area contributed by atoms with Crippen molar-refractivity contribution in [3.05, 3.63) is 69.5 Å². The number of methoxy groups -OCH3 is 1. The molecule has 0 saturated heterocycles. The topological polar surface area (TPSA) is 102 Å². The number of hydrogen-bond acceptors (Lipinski definition) is 7. The van der Waals surface area contributed by atoms with E-state index in [1.165, 1.54) is 13.2 Å². The van der Waals surface area contributed by atoms with Crippen LogP contribution in [0.2, 0.25) is 5.02 Å². The van der Waals surface area contributed by atoms with E-state index in [-0.39, 0.29) is 17.3 Å². The summed E-state index contributed by atoms with van der Waals surface area (Å²) >= 11 is 5.96. The zero-order valence-electron chi connectivity index (χ0n) is 14.2. The number of halogens is 3. The number of anilines is 4. The van der Waals surface area contributed by atoms with Gasteiger partial charge in [0.2, 0.25) is 11.6 Å². The fourth-order valence-electron chi connectivity index (χ4n) is 2.36. The lowest BCUT2D eigenvalue weighted by Gasteiger charge is -2.13. The molecule has 0 atom stereocenters. The van der Waals surface area contributed by atoms with Gasteiger partial charge in [0.1, 0.15) is 23.7 Å². The van der Waals surface area contributed by atoms with E-state index in [0.717, 1.165) is 24.5 Å². The van der Waals surface area contributed by atoms with Gasteiger partial charge in [-0.15, -0.1) is 0 Å². The van der Waals surface area contributed by atoms with Crippen LogP contribution in [-0.2, 0) is 0 Å². The van der Waals surface area contributed by atoms with Crippen LogP contribution in [0.3, 0.4) is 0 Å². The third-order valence-corrected chi connectivity index (χ3v) is 3.84. The SMILES string of the molecule is COc1ccc(Cl)cc1Nc1ncnc(Nc2cc(F)ccc2F)c1[N+](=O)[O-]. The largest absolute Gasteiger partial charge is 0.495 e. The number of hydrogen-bond donors (Lipinski definition) is 2. The van der Waals surface area contributed by atoms with Gasteiger partial charge in [0.15, 0.2) is 0 Å². The Bertz CT molecular complexity index is 1050. The molecule has 3 rings (SSSR count). The fraction of sp³-hybridized carbons (Fsp3) is 0.0588. The average molecular weight is 408 g/mol. The summed E-state index contributed by atoms with van der Waals surface area (Å²) in [5.74, 6) is -1.68. The lowest BCUT2D eigenvalue weighted by Crippen LogP contribution is -2.07. The standard InChI is InChI=1S/C17H12ClF2N5O3/c1-28-14-5-2-9(18)6-13(14)24-17-15(25(26)27)16(21-8-22-17)23-12-7-10(19)3-4-11(12)20/h2-8H,1H3,(H2,21,22,23,24). The molecule has 2 aromatic carbocycles. The Balaban J connectivity index is 2.04. The van der Waals surface area contributed by atoms with Crippen LogP contribution in [0.5, 0.6) is 5.75 Å². The summed E-state index contributed by atoms with van der Waals surface area (Å²) in [6.07, 6.45) is 1.03. The van der Waals surface area contributed by atoms with Gasteiger partial charge in [-0.2, -0.15) is 0 Å². The van der Waals surface area contributed by atoms with Gasteiger partial charge in [-0.25, -0.2) is 18.7 Å². The van der Waals surface area contributed by atoms with Crippen molar-refractivity contribution in [2.75, 3.05) is 17.7 Å². The summed E-state index contributed by atoms with van der Waals surface area (Å²) in [6, 6.07) is 7.31.